The number of aromatic nitrogens is 1. The fourth-order valence-corrected chi connectivity index (χ4v) is 2.05. The summed E-state index contributed by atoms with van der Waals surface area (Å²) >= 11 is 2.02. The number of nitrogens with one attached hydrogen (secondary N) is 1. The first-order valence-electron chi connectivity index (χ1n) is 5.23. The fourth-order valence-electron chi connectivity index (χ4n) is 1.43. The molecule has 0 aliphatic rings. The highest BCUT2D eigenvalue weighted by molar-refractivity contribution is 7.99. The lowest BCUT2D eigenvalue weighted by molar-refractivity contribution is 0.684. The maximum atomic E-state index is 3.16. The van der Waals surface area contributed by atoms with E-state index in [1.165, 1.54) is 23.5 Å². The molecule has 1 rings (SSSR count). The lowest BCUT2D eigenvalue weighted by Gasteiger charge is -2.01. The van der Waals surface area contributed by atoms with Crippen molar-refractivity contribution in [2.45, 2.75) is 26.4 Å². The maximum Gasteiger partial charge on any atom is 0.0227 e. The number of thioether (sulfide) groups is 1. The first kappa shape index (κ1) is 11.7. The van der Waals surface area contributed by atoms with Crippen LogP contribution >= 0.6 is 11.8 Å². The number of rotatable bonds is 7. The summed E-state index contributed by atoms with van der Waals surface area (Å²) in [4.78, 5) is 0. The Kier molecular flexibility index (Phi) is 5.80. The summed E-state index contributed by atoms with van der Waals surface area (Å²) in [6, 6.07) is 2.18. The Morgan fingerprint density at radius 1 is 1.50 bits per heavy atom. The van der Waals surface area contributed by atoms with Crippen LogP contribution in [0.2, 0.25) is 0 Å². The highest BCUT2D eigenvalue weighted by Crippen LogP contribution is 2.05. The molecule has 0 saturated carbocycles. The third-order valence-corrected chi connectivity index (χ3v) is 3.09. The maximum absolute atomic E-state index is 3.16. The zero-order valence-corrected chi connectivity index (χ0v) is 9.94. The van der Waals surface area contributed by atoms with Gasteiger partial charge in [0.2, 0.25) is 0 Å². The van der Waals surface area contributed by atoms with Gasteiger partial charge in [-0.05, 0) is 36.6 Å². The molecule has 0 aliphatic carbocycles. The lowest BCUT2D eigenvalue weighted by atomic mass is 10.3. The third-order valence-electron chi connectivity index (χ3n) is 2.10. The van der Waals surface area contributed by atoms with Crippen LogP contribution in [-0.4, -0.2) is 23.1 Å². The molecule has 0 amide bonds. The van der Waals surface area contributed by atoms with Crippen molar-refractivity contribution >= 4 is 11.8 Å². The molecule has 0 atom stereocenters. The van der Waals surface area contributed by atoms with Crippen molar-refractivity contribution < 1.29 is 0 Å². The van der Waals surface area contributed by atoms with Crippen molar-refractivity contribution in [2.24, 2.45) is 0 Å². The largest absolute Gasteiger partial charge is 0.354 e. The van der Waals surface area contributed by atoms with Gasteiger partial charge in [-0.1, -0.05) is 6.92 Å². The second-order valence-electron chi connectivity index (χ2n) is 3.34. The second-order valence-corrected chi connectivity index (χ2v) is 4.73. The Morgan fingerprint density at radius 3 is 3.07 bits per heavy atom. The molecule has 0 radical (unpaired) electrons. The molecule has 0 aromatic carbocycles. The Bertz CT molecular complexity index is 245. The minimum atomic E-state index is 0.969. The first-order valence-corrected chi connectivity index (χ1v) is 6.39. The Labute approximate surface area is 91.1 Å². The molecule has 3 heteroatoms. The standard InChI is InChI=1S/C11H20N2S/c1-3-14-8-4-6-13-7-5-11(10-13)9-12-2/h5,7,10,12H,3-4,6,8-9H2,1-2H3. The van der Waals surface area contributed by atoms with Crippen molar-refractivity contribution in [1.82, 2.24) is 9.88 Å². The number of hydrogen-bond acceptors (Lipinski definition) is 2. The topological polar surface area (TPSA) is 17.0 Å². The normalized spacial score (nSPS) is 10.7. The van der Waals surface area contributed by atoms with E-state index in [1.54, 1.807) is 0 Å². The monoisotopic (exact) mass is 212 g/mol. The van der Waals surface area contributed by atoms with Crippen LogP contribution in [0.1, 0.15) is 18.9 Å². The zero-order valence-electron chi connectivity index (χ0n) is 9.12. The van der Waals surface area contributed by atoms with E-state index in [9.17, 15) is 0 Å². The van der Waals surface area contributed by atoms with Crippen LogP contribution in [0.15, 0.2) is 18.5 Å². The summed E-state index contributed by atoms with van der Waals surface area (Å²) in [7, 11) is 1.98. The smallest absolute Gasteiger partial charge is 0.0227 e. The number of aryl methyl sites for hydroxylation is 1. The van der Waals surface area contributed by atoms with Crippen LogP contribution in [-0.2, 0) is 13.1 Å². The summed E-state index contributed by atoms with van der Waals surface area (Å²) in [5, 5.41) is 3.16. The van der Waals surface area contributed by atoms with Gasteiger partial charge in [0.1, 0.15) is 0 Å². The van der Waals surface area contributed by atoms with Gasteiger partial charge in [-0.3, -0.25) is 0 Å². The van der Waals surface area contributed by atoms with Gasteiger partial charge in [-0.25, -0.2) is 0 Å². The molecule has 14 heavy (non-hydrogen) atoms. The van der Waals surface area contributed by atoms with Crippen molar-refractivity contribution in [2.75, 3.05) is 18.6 Å². The molecule has 0 aliphatic heterocycles. The summed E-state index contributed by atoms with van der Waals surface area (Å²) in [6.45, 7) is 4.33. The van der Waals surface area contributed by atoms with Gasteiger partial charge in [0, 0.05) is 25.5 Å². The fraction of sp³-hybridized carbons (Fsp3) is 0.636. The molecule has 0 spiro atoms. The zero-order chi connectivity index (χ0) is 10.2. The Morgan fingerprint density at radius 2 is 2.36 bits per heavy atom. The summed E-state index contributed by atoms with van der Waals surface area (Å²) in [6.07, 6.45) is 5.67. The predicted octanol–water partition coefficient (Wildman–Crippen LogP) is 2.35. The van der Waals surface area contributed by atoms with Crippen molar-refractivity contribution in [1.29, 1.82) is 0 Å². The highest BCUT2D eigenvalue weighted by atomic mass is 32.2. The molecule has 1 aromatic heterocycles. The molecule has 1 N–H and O–H groups in total. The van der Waals surface area contributed by atoms with E-state index in [0.717, 1.165) is 13.1 Å². The molecule has 0 saturated heterocycles. The minimum absolute atomic E-state index is 0.969. The quantitative estimate of drug-likeness (QED) is 0.699. The number of nitrogens with zero attached hydrogens (tertiary/aromatic N) is 1. The molecular weight excluding hydrogens is 192 g/mol. The van der Waals surface area contributed by atoms with Gasteiger partial charge >= 0.3 is 0 Å². The van der Waals surface area contributed by atoms with Gasteiger partial charge in [-0.2, -0.15) is 11.8 Å². The highest BCUT2D eigenvalue weighted by Gasteiger charge is 1.95. The Hall–Kier alpha value is -0.410. The Balaban J connectivity index is 2.22. The minimum Gasteiger partial charge on any atom is -0.354 e. The molecule has 0 unspecified atom stereocenters. The van der Waals surface area contributed by atoms with Crippen LogP contribution < -0.4 is 5.32 Å². The lowest BCUT2D eigenvalue weighted by Crippen LogP contribution is -2.04. The summed E-state index contributed by atoms with van der Waals surface area (Å²) in [5.41, 5.74) is 1.37. The first-order chi connectivity index (χ1) is 6.86. The van der Waals surface area contributed by atoms with E-state index in [1.807, 2.05) is 18.8 Å². The molecule has 1 heterocycles. The van der Waals surface area contributed by atoms with Gasteiger partial charge in [0.15, 0.2) is 0 Å². The van der Waals surface area contributed by atoms with Gasteiger partial charge in [0.05, 0.1) is 0 Å². The van der Waals surface area contributed by atoms with Crippen LogP contribution in [0.4, 0.5) is 0 Å². The molecule has 80 valence electrons. The van der Waals surface area contributed by atoms with Gasteiger partial charge in [-0.15, -0.1) is 0 Å². The molecule has 2 nitrogen and oxygen atoms in total. The average molecular weight is 212 g/mol. The van der Waals surface area contributed by atoms with Crippen LogP contribution in [0, 0.1) is 0 Å². The van der Waals surface area contributed by atoms with Crippen molar-refractivity contribution in [3.05, 3.63) is 24.0 Å². The summed E-state index contributed by atoms with van der Waals surface area (Å²) < 4.78 is 2.28. The van der Waals surface area contributed by atoms with Crippen molar-refractivity contribution in [3.63, 3.8) is 0 Å². The van der Waals surface area contributed by atoms with Gasteiger partial charge < -0.3 is 9.88 Å². The second kappa shape index (κ2) is 6.96. The van der Waals surface area contributed by atoms with Gasteiger partial charge in [0.25, 0.3) is 0 Å². The predicted molar refractivity (Wildman–Crippen MR) is 64.8 cm³/mol. The average Bonchev–Trinajstić information content (AvgIpc) is 2.61. The van der Waals surface area contributed by atoms with E-state index in [0.29, 0.717) is 0 Å². The molecule has 0 fully saturated rings. The van der Waals surface area contributed by atoms with E-state index < -0.39 is 0 Å². The van der Waals surface area contributed by atoms with E-state index in [4.69, 9.17) is 0 Å². The third kappa shape index (κ3) is 4.20. The van der Waals surface area contributed by atoms with E-state index >= 15 is 0 Å². The van der Waals surface area contributed by atoms with Crippen LogP contribution in [0.25, 0.3) is 0 Å². The molecule has 0 bridgehead atoms. The SMILES string of the molecule is CCSCCCn1ccc(CNC)c1. The molecule has 1 aromatic rings. The number of hydrogen-bond donors (Lipinski definition) is 1. The van der Waals surface area contributed by atoms with E-state index in [-0.39, 0.29) is 0 Å². The van der Waals surface area contributed by atoms with Crippen molar-refractivity contribution in [3.8, 4) is 0 Å². The van der Waals surface area contributed by atoms with E-state index in [2.05, 4.69) is 35.3 Å². The van der Waals surface area contributed by atoms with Crippen LogP contribution in [0.5, 0.6) is 0 Å². The summed E-state index contributed by atoms with van der Waals surface area (Å²) in [5.74, 6) is 2.51. The molecular formula is C11H20N2S. The van der Waals surface area contributed by atoms with Crippen LogP contribution in [0.3, 0.4) is 0 Å².